The Labute approximate surface area is 249 Å². The number of fused-ring (bicyclic) bond motifs is 2. The van der Waals surface area contributed by atoms with Crippen LogP contribution < -0.4 is 9.80 Å². The van der Waals surface area contributed by atoms with Gasteiger partial charge in [-0.25, -0.2) is 14.4 Å². The zero-order valence-corrected chi connectivity index (χ0v) is 23.8. The van der Waals surface area contributed by atoms with Crippen LogP contribution in [0.15, 0.2) is 119 Å². The molecule has 0 bridgehead atoms. The van der Waals surface area contributed by atoms with Crippen molar-refractivity contribution in [1.29, 1.82) is 0 Å². The molecule has 4 amide bonds. The van der Waals surface area contributed by atoms with E-state index in [9.17, 15) is 19.5 Å². The predicted octanol–water partition coefficient (Wildman–Crippen LogP) is 6.55. The Bertz CT molecular complexity index is 1490. The largest absolute Gasteiger partial charge is 0.480 e. The van der Waals surface area contributed by atoms with Gasteiger partial charge in [-0.15, -0.1) is 0 Å². The molecule has 4 aromatic carbocycles. The summed E-state index contributed by atoms with van der Waals surface area (Å²) in [5.41, 5.74) is 2.75. The number of rotatable bonds is 3. The van der Waals surface area contributed by atoms with E-state index in [1.165, 1.54) is 14.7 Å². The summed E-state index contributed by atoms with van der Waals surface area (Å²) < 4.78 is 0. The van der Waals surface area contributed by atoms with Gasteiger partial charge < -0.3 is 14.9 Å². The number of anilines is 4. The van der Waals surface area contributed by atoms with Crippen LogP contribution in [0, 0.1) is 0 Å². The van der Waals surface area contributed by atoms with Crippen molar-refractivity contribution in [2.45, 2.75) is 15.8 Å². The first-order valence-electron chi connectivity index (χ1n) is 12.9. The Morgan fingerprint density at radius 2 is 1.20 bits per heavy atom. The van der Waals surface area contributed by atoms with E-state index in [2.05, 4.69) is 0 Å². The molecule has 1 fully saturated rings. The topological polar surface area (TPSA) is 84.4 Å². The Kier molecular flexibility index (Phi) is 8.23. The van der Waals surface area contributed by atoms with Crippen molar-refractivity contribution in [1.82, 2.24) is 9.80 Å². The van der Waals surface area contributed by atoms with Crippen LogP contribution in [-0.2, 0) is 4.79 Å². The fraction of sp³-hybridized carbons (Fsp3) is 0.129. The fourth-order valence-corrected chi connectivity index (χ4v) is 6.16. The highest BCUT2D eigenvalue weighted by Crippen LogP contribution is 2.48. The highest BCUT2D eigenvalue weighted by atomic mass is 32.2. The van der Waals surface area contributed by atoms with Crippen LogP contribution in [0.25, 0.3) is 0 Å². The predicted molar refractivity (Wildman–Crippen MR) is 165 cm³/mol. The van der Waals surface area contributed by atoms with Crippen molar-refractivity contribution in [2.75, 3.05) is 29.4 Å². The molecule has 41 heavy (non-hydrogen) atoms. The summed E-state index contributed by atoms with van der Waals surface area (Å²) >= 11 is 1.59. The summed E-state index contributed by atoms with van der Waals surface area (Å²) in [7, 11) is 0. The number of hydrogen-bond acceptors (Lipinski definition) is 4. The molecule has 1 N–H and O–H groups in total. The number of para-hydroxylation sites is 4. The summed E-state index contributed by atoms with van der Waals surface area (Å²) in [5.74, 6) is -1.16. The Hall–Kier alpha value is -4.41. The van der Waals surface area contributed by atoms with Crippen LogP contribution in [0.5, 0.6) is 0 Å². The molecular formula is C31H28N4O4S2. The Balaban J connectivity index is 0.00000337. The van der Waals surface area contributed by atoms with Gasteiger partial charge in [-0.05, 0) is 48.5 Å². The number of carbonyl (C=O) groups is 3. The third-order valence-electron chi connectivity index (χ3n) is 7.03. The van der Waals surface area contributed by atoms with E-state index in [1.54, 1.807) is 16.7 Å². The number of aliphatic carboxylic acids is 1. The van der Waals surface area contributed by atoms with Gasteiger partial charge in [0.15, 0.2) is 0 Å². The van der Waals surface area contributed by atoms with Gasteiger partial charge in [-0.3, -0.25) is 9.80 Å². The molecular weight excluding hydrogens is 556 g/mol. The van der Waals surface area contributed by atoms with Gasteiger partial charge in [-0.2, -0.15) is 13.5 Å². The van der Waals surface area contributed by atoms with Crippen LogP contribution in [-0.4, -0.2) is 58.6 Å². The quantitative estimate of drug-likeness (QED) is 0.295. The number of urea groups is 2. The molecule has 2 heterocycles. The molecule has 0 aromatic heterocycles. The van der Waals surface area contributed by atoms with E-state index in [0.717, 1.165) is 21.2 Å². The average Bonchev–Trinajstić information content (AvgIpc) is 3.00. The zero-order chi connectivity index (χ0) is 27.6. The SMILES string of the molecule is O=C(O)[C@@H]1CN(C(=O)N2c3ccccc3Sc3ccccc32)CCN1C(=O)N(c1ccccc1)c1ccccc1.S. The zero-order valence-electron chi connectivity index (χ0n) is 22.0. The second kappa shape index (κ2) is 12.0. The van der Waals surface area contributed by atoms with Gasteiger partial charge in [0, 0.05) is 22.9 Å². The number of carbonyl (C=O) groups excluding carboxylic acids is 2. The lowest BCUT2D eigenvalue weighted by atomic mass is 10.1. The van der Waals surface area contributed by atoms with E-state index in [1.807, 2.05) is 109 Å². The maximum Gasteiger partial charge on any atom is 0.329 e. The Morgan fingerprint density at radius 3 is 1.71 bits per heavy atom. The van der Waals surface area contributed by atoms with Crippen LogP contribution in [0.3, 0.4) is 0 Å². The molecule has 8 nitrogen and oxygen atoms in total. The smallest absolute Gasteiger partial charge is 0.329 e. The highest BCUT2D eigenvalue weighted by molar-refractivity contribution is 7.99. The van der Waals surface area contributed by atoms with Gasteiger partial charge in [0.2, 0.25) is 0 Å². The van der Waals surface area contributed by atoms with E-state index in [0.29, 0.717) is 11.4 Å². The molecule has 0 unspecified atom stereocenters. The number of piperazine rings is 1. The van der Waals surface area contributed by atoms with Crippen molar-refractivity contribution in [3.63, 3.8) is 0 Å². The normalized spacial score (nSPS) is 15.7. The lowest BCUT2D eigenvalue weighted by molar-refractivity contribution is -0.143. The number of amides is 4. The van der Waals surface area contributed by atoms with Crippen molar-refractivity contribution in [3.05, 3.63) is 109 Å². The third kappa shape index (κ3) is 5.36. The molecule has 2 aliphatic rings. The lowest BCUT2D eigenvalue weighted by Gasteiger charge is -2.43. The first kappa shape index (κ1) is 28.1. The van der Waals surface area contributed by atoms with E-state index >= 15 is 0 Å². The summed E-state index contributed by atoms with van der Waals surface area (Å²) in [6.07, 6.45) is 0. The van der Waals surface area contributed by atoms with Crippen molar-refractivity contribution in [3.8, 4) is 0 Å². The van der Waals surface area contributed by atoms with Crippen LogP contribution in [0.4, 0.5) is 32.3 Å². The number of nitrogens with zero attached hydrogens (tertiary/aromatic N) is 4. The minimum absolute atomic E-state index is 0. The van der Waals surface area contributed by atoms with E-state index in [4.69, 9.17) is 0 Å². The monoisotopic (exact) mass is 584 g/mol. The maximum atomic E-state index is 14.0. The lowest BCUT2D eigenvalue weighted by Crippen LogP contribution is -2.62. The van der Waals surface area contributed by atoms with E-state index in [-0.39, 0.29) is 39.2 Å². The number of hydrogen-bond donors (Lipinski definition) is 1. The maximum absolute atomic E-state index is 14.0. The van der Waals surface area contributed by atoms with Gasteiger partial charge in [0.1, 0.15) is 6.04 Å². The number of carboxylic acids is 1. The molecule has 6 rings (SSSR count). The molecule has 4 aromatic rings. The van der Waals surface area contributed by atoms with Crippen molar-refractivity contribution in [2.24, 2.45) is 0 Å². The average molecular weight is 585 g/mol. The number of benzene rings is 4. The molecule has 0 saturated carbocycles. The molecule has 1 atom stereocenters. The van der Waals surface area contributed by atoms with E-state index < -0.39 is 18.0 Å². The van der Waals surface area contributed by atoms with Gasteiger partial charge >= 0.3 is 18.0 Å². The first-order valence-corrected chi connectivity index (χ1v) is 13.7. The second-order valence-corrected chi connectivity index (χ2v) is 10.5. The molecule has 10 heteroatoms. The van der Waals surface area contributed by atoms with Gasteiger partial charge in [0.25, 0.3) is 0 Å². The summed E-state index contributed by atoms with van der Waals surface area (Å²) in [6, 6.07) is 31.6. The summed E-state index contributed by atoms with van der Waals surface area (Å²) in [5, 5.41) is 10.2. The molecule has 0 radical (unpaired) electrons. The third-order valence-corrected chi connectivity index (χ3v) is 8.16. The standard InChI is InChI=1S/C31H26N4O4S.H2S/c36-29(37)26-21-32(30(38)35-24-15-7-9-17-27(24)40-28-18-10-8-16-25(28)35)19-20-33(26)31(39)34(22-11-3-1-4-12-22)23-13-5-2-6-14-23;/h1-18,26H,19-21H2,(H,36,37);1H2/t26-;/m0./s1. The van der Waals surface area contributed by atoms with Crippen LogP contribution >= 0.6 is 25.3 Å². The Morgan fingerprint density at radius 1 is 0.707 bits per heavy atom. The first-order chi connectivity index (χ1) is 19.5. The molecule has 208 valence electrons. The molecule has 1 saturated heterocycles. The second-order valence-electron chi connectivity index (χ2n) is 9.44. The molecule has 2 aliphatic heterocycles. The van der Waals surface area contributed by atoms with Crippen LogP contribution in [0.1, 0.15) is 0 Å². The summed E-state index contributed by atoms with van der Waals surface area (Å²) in [6.45, 7) is 0.134. The molecule has 0 aliphatic carbocycles. The fourth-order valence-electron chi connectivity index (χ4n) is 5.10. The van der Waals surface area contributed by atoms with Gasteiger partial charge in [-0.1, -0.05) is 72.4 Å². The minimum Gasteiger partial charge on any atom is -0.480 e. The minimum atomic E-state index is -1.22. The highest BCUT2D eigenvalue weighted by Gasteiger charge is 2.41. The number of carboxylic acid groups (broad SMARTS) is 1. The molecule has 0 spiro atoms. The van der Waals surface area contributed by atoms with Gasteiger partial charge in [0.05, 0.1) is 29.3 Å². The van der Waals surface area contributed by atoms with Crippen molar-refractivity contribution >= 4 is 66.0 Å². The van der Waals surface area contributed by atoms with Crippen molar-refractivity contribution < 1.29 is 19.5 Å². The van der Waals surface area contributed by atoms with Crippen LogP contribution in [0.2, 0.25) is 0 Å². The summed E-state index contributed by atoms with van der Waals surface area (Å²) in [4.78, 5) is 48.5.